The van der Waals surface area contributed by atoms with Crippen LogP contribution in [0.25, 0.3) is 0 Å². The molecule has 1 aromatic carbocycles. The SMILES string of the molecule is CCNC(=NCCCN1C(=O)COc2ccccc21)N1CC2CCCCC2C1. The summed E-state index contributed by atoms with van der Waals surface area (Å²) in [7, 11) is 0. The number of ether oxygens (including phenoxy) is 1. The quantitative estimate of drug-likeness (QED) is 0.482. The number of hydrogen-bond acceptors (Lipinski definition) is 3. The number of carbonyl (C=O) groups is 1. The van der Waals surface area contributed by atoms with Crippen LogP contribution in [0.4, 0.5) is 5.69 Å². The van der Waals surface area contributed by atoms with Gasteiger partial charge < -0.3 is 19.9 Å². The van der Waals surface area contributed by atoms with E-state index in [0.29, 0.717) is 6.54 Å². The first-order valence-electron chi connectivity index (χ1n) is 10.8. The fraction of sp³-hybridized carbons (Fsp3) is 0.636. The number of nitrogens with one attached hydrogen (secondary N) is 1. The Morgan fingerprint density at radius 2 is 1.96 bits per heavy atom. The van der Waals surface area contributed by atoms with E-state index >= 15 is 0 Å². The summed E-state index contributed by atoms with van der Waals surface area (Å²) >= 11 is 0. The molecule has 6 nitrogen and oxygen atoms in total. The van der Waals surface area contributed by atoms with E-state index in [1.54, 1.807) is 0 Å². The molecule has 4 rings (SSSR count). The number of rotatable bonds is 5. The summed E-state index contributed by atoms with van der Waals surface area (Å²) in [4.78, 5) is 21.5. The van der Waals surface area contributed by atoms with Crippen molar-refractivity contribution in [2.75, 3.05) is 44.2 Å². The van der Waals surface area contributed by atoms with Gasteiger partial charge in [0.25, 0.3) is 5.91 Å². The van der Waals surface area contributed by atoms with Gasteiger partial charge in [-0.3, -0.25) is 9.79 Å². The third-order valence-electron chi connectivity index (χ3n) is 6.22. The van der Waals surface area contributed by atoms with Gasteiger partial charge in [0.1, 0.15) is 5.75 Å². The highest BCUT2D eigenvalue weighted by molar-refractivity contribution is 5.97. The number of hydrogen-bond donors (Lipinski definition) is 1. The lowest BCUT2D eigenvalue weighted by atomic mass is 9.82. The van der Waals surface area contributed by atoms with Gasteiger partial charge in [0.05, 0.1) is 5.69 Å². The Hall–Kier alpha value is -2.24. The first-order chi connectivity index (χ1) is 13.8. The van der Waals surface area contributed by atoms with Crippen molar-refractivity contribution in [1.29, 1.82) is 0 Å². The lowest BCUT2D eigenvalue weighted by Crippen LogP contribution is -2.41. The van der Waals surface area contributed by atoms with Crippen LogP contribution >= 0.6 is 0 Å². The minimum atomic E-state index is 0.0261. The number of benzene rings is 1. The second kappa shape index (κ2) is 8.84. The average molecular weight is 385 g/mol. The Morgan fingerprint density at radius 1 is 1.21 bits per heavy atom. The maximum atomic E-state index is 12.3. The van der Waals surface area contributed by atoms with Crippen molar-refractivity contribution >= 4 is 17.6 Å². The molecule has 152 valence electrons. The van der Waals surface area contributed by atoms with Crippen molar-refractivity contribution in [3.63, 3.8) is 0 Å². The van der Waals surface area contributed by atoms with Crippen LogP contribution in [0.2, 0.25) is 0 Å². The van der Waals surface area contributed by atoms with Crippen molar-refractivity contribution in [1.82, 2.24) is 10.2 Å². The molecule has 28 heavy (non-hydrogen) atoms. The fourth-order valence-corrected chi connectivity index (χ4v) is 4.82. The number of aliphatic imine (C=N–C) groups is 1. The van der Waals surface area contributed by atoms with Gasteiger partial charge in [-0.05, 0) is 50.2 Å². The lowest BCUT2D eigenvalue weighted by molar-refractivity contribution is -0.121. The molecule has 1 amide bonds. The van der Waals surface area contributed by atoms with Crippen LogP contribution in [0.5, 0.6) is 5.75 Å². The van der Waals surface area contributed by atoms with Gasteiger partial charge >= 0.3 is 0 Å². The highest BCUT2D eigenvalue weighted by Crippen LogP contribution is 2.36. The predicted molar refractivity (Wildman–Crippen MR) is 112 cm³/mol. The molecule has 0 bridgehead atoms. The number of para-hydroxylation sites is 2. The van der Waals surface area contributed by atoms with E-state index < -0.39 is 0 Å². The topological polar surface area (TPSA) is 57.2 Å². The summed E-state index contributed by atoms with van der Waals surface area (Å²) in [6.07, 6.45) is 6.36. The summed E-state index contributed by atoms with van der Waals surface area (Å²) in [6.45, 7) is 6.83. The van der Waals surface area contributed by atoms with Gasteiger partial charge in [0.15, 0.2) is 12.6 Å². The Bertz CT molecular complexity index is 706. The van der Waals surface area contributed by atoms with Crippen LogP contribution in [0.1, 0.15) is 39.0 Å². The highest BCUT2D eigenvalue weighted by Gasteiger charge is 2.35. The Kier molecular flexibility index (Phi) is 6.03. The molecule has 0 aromatic heterocycles. The molecule has 6 heteroatoms. The average Bonchev–Trinajstić information content (AvgIpc) is 3.15. The molecule has 0 radical (unpaired) electrons. The number of amides is 1. The Labute approximate surface area is 167 Å². The molecule has 1 saturated carbocycles. The van der Waals surface area contributed by atoms with Crippen LogP contribution in [-0.4, -0.2) is 56.1 Å². The molecule has 3 aliphatic rings. The fourth-order valence-electron chi connectivity index (χ4n) is 4.82. The third kappa shape index (κ3) is 4.10. The van der Waals surface area contributed by atoms with Gasteiger partial charge in [-0.15, -0.1) is 0 Å². The first kappa shape index (κ1) is 19.1. The number of anilines is 1. The highest BCUT2D eigenvalue weighted by atomic mass is 16.5. The van der Waals surface area contributed by atoms with Crippen LogP contribution in [0.3, 0.4) is 0 Å². The summed E-state index contributed by atoms with van der Waals surface area (Å²) in [5.41, 5.74) is 0.873. The molecule has 1 aromatic rings. The zero-order chi connectivity index (χ0) is 19.3. The van der Waals surface area contributed by atoms with E-state index in [2.05, 4.69) is 17.1 Å². The Balaban J connectivity index is 1.34. The summed E-state index contributed by atoms with van der Waals surface area (Å²) in [6, 6.07) is 7.75. The monoisotopic (exact) mass is 384 g/mol. The van der Waals surface area contributed by atoms with Gasteiger partial charge in [-0.1, -0.05) is 25.0 Å². The maximum absolute atomic E-state index is 12.3. The van der Waals surface area contributed by atoms with Crippen molar-refractivity contribution in [2.45, 2.75) is 39.0 Å². The normalized spacial score (nSPS) is 24.6. The van der Waals surface area contributed by atoms with Crippen LogP contribution in [0.15, 0.2) is 29.3 Å². The molecular weight excluding hydrogens is 352 g/mol. The molecule has 1 N–H and O–H groups in total. The van der Waals surface area contributed by atoms with Gasteiger partial charge in [-0.2, -0.15) is 0 Å². The molecule has 0 spiro atoms. The number of fused-ring (bicyclic) bond motifs is 2. The molecule has 2 heterocycles. The number of nitrogens with zero attached hydrogens (tertiary/aromatic N) is 3. The molecule has 2 fully saturated rings. The standard InChI is InChI=1S/C22H32N4O2/c1-2-23-22(25-14-17-8-3-4-9-18(17)15-25)24-12-7-13-26-19-10-5-6-11-20(19)28-16-21(26)27/h5-6,10-11,17-18H,2-4,7-9,12-16H2,1H3,(H,23,24). The molecule has 1 saturated heterocycles. The zero-order valence-electron chi connectivity index (χ0n) is 16.9. The van der Waals surface area contributed by atoms with E-state index in [4.69, 9.17) is 9.73 Å². The van der Waals surface area contributed by atoms with Gasteiger partial charge in [0.2, 0.25) is 0 Å². The van der Waals surface area contributed by atoms with E-state index in [9.17, 15) is 4.79 Å². The van der Waals surface area contributed by atoms with Gasteiger partial charge in [0, 0.05) is 32.7 Å². The van der Waals surface area contributed by atoms with Crippen molar-refractivity contribution in [2.24, 2.45) is 16.8 Å². The minimum Gasteiger partial charge on any atom is -0.482 e. The number of carbonyl (C=O) groups excluding carboxylic acids is 1. The summed E-state index contributed by atoms with van der Waals surface area (Å²) in [5, 5.41) is 3.47. The minimum absolute atomic E-state index is 0.0261. The van der Waals surface area contributed by atoms with Crippen molar-refractivity contribution in [3.05, 3.63) is 24.3 Å². The van der Waals surface area contributed by atoms with Crippen LogP contribution in [0, 0.1) is 11.8 Å². The largest absolute Gasteiger partial charge is 0.482 e. The molecule has 1 aliphatic carbocycles. The van der Waals surface area contributed by atoms with E-state index in [0.717, 1.165) is 61.8 Å². The second-order valence-electron chi connectivity index (χ2n) is 8.10. The summed E-state index contributed by atoms with van der Waals surface area (Å²) < 4.78 is 5.52. The predicted octanol–water partition coefficient (Wildman–Crippen LogP) is 2.89. The molecule has 2 atom stereocenters. The van der Waals surface area contributed by atoms with Crippen LogP contribution in [-0.2, 0) is 4.79 Å². The van der Waals surface area contributed by atoms with Crippen molar-refractivity contribution < 1.29 is 9.53 Å². The van der Waals surface area contributed by atoms with Crippen molar-refractivity contribution in [3.8, 4) is 5.75 Å². The maximum Gasteiger partial charge on any atom is 0.265 e. The molecular formula is C22H32N4O2. The van der Waals surface area contributed by atoms with Gasteiger partial charge in [-0.25, -0.2) is 0 Å². The van der Waals surface area contributed by atoms with E-state index in [1.807, 2.05) is 29.2 Å². The summed E-state index contributed by atoms with van der Waals surface area (Å²) in [5.74, 6) is 3.56. The Morgan fingerprint density at radius 3 is 2.71 bits per heavy atom. The zero-order valence-corrected chi connectivity index (χ0v) is 16.9. The first-order valence-corrected chi connectivity index (χ1v) is 10.8. The lowest BCUT2D eigenvalue weighted by Gasteiger charge is -2.29. The van der Waals surface area contributed by atoms with Crippen LogP contribution < -0.4 is 15.0 Å². The smallest absolute Gasteiger partial charge is 0.265 e. The second-order valence-corrected chi connectivity index (χ2v) is 8.10. The molecule has 2 aliphatic heterocycles. The number of likely N-dealkylation sites (tertiary alicyclic amines) is 1. The number of guanidine groups is 1. The molecule has 2 unspecified atom stereocenters. The van der Waals surface area contributed by atoms with E-state index in [-0.39, 0.29) is 12.5 Å². The third-order valence-corrected chi connectivity index (χ3v) is 6.22. The van der Waals surface area contributed by atoms with E-state index in [1.165, 1.54) is 25.7 Å².